The summed E-state index contributed by atoms with van der Waals surface area (Å²) in [7, 11) is 0. The standard InChI is InChI=1S/C13H15F4NO2/c1-8-6-10(14)3-2-9(8)4-5-18-7-11(12(19)20)13(15,16)17/h2-3,6,11,18H,4-5,7H2,1H3,(H,19,20). The van der Waals surface area contributed by atoms with Gasteiger partial charge >= 0.3 is 12.1 Å². The van der Waals surface area contributed by atoms with Crippen LogP contribution in [-0.4, -0.2) is 30.3 Å². The zero-order chi connectivity index (χ0) is 15.3. The fourth-order valence-corrected chi connectivity index (χ4v) is 1.75. The predicted molar refractivity (Wildman–Crippen MR) is 64.9 cm³/mol. The van der Waals surface area contributed by atoms with Crippen LogP contribution in [0.25, 0.3) is 0 Å². The third-order valence-corrected chi connectivity index (χ3v) is 2.92. The summed E-state index contributed by atoms with van der Waals surface area (Å²) in [4.78, 5) is 10.5. The van der Waals surface area contributed by atoms with Crippen LogP contribution in [0.5, 0.6) is 0 Å². The maximum Gasteiger partial charge on any atom is 0.403 e. The number of benzene rings is 1. The lowest BCUT2D eigenvalue weighted by molar-refractivity contribution is -0.192. The van der Waals surface area contributed by atoms with Gasteiger partial charge in [-0.2, -0.15) is 13.2 Å². The first-order valence-electron chi connectivity index (χ1n) is 5.97. The van der Waals surface area contributed by atoms with Crippen molar-refractivity contribution >= 4 is 5.97 Å². The second kappa shape index (κ2) is 6.69. The summed E-state index contributed by atoms with van der Waals surface area (Å²) < 4.78 is 50.0. The second-order valence-electron chi connectivity index (χ2n) is 4.46. The van der Waals surface area contributed by atoms with E-state index in [4.69, 9.17) is 5.11 Å². The van der Waals surface area contributed by atoms with Crippen LogP contribution in [0.4, 0.5) is 17.6 Å². The van der Waals surface area contributed by atoms with Crippen LogP contribution < -0.4 is 5.32 Å². The van der Waals surface area contributed by atoms with E-state index in [0.717, 1.165) is 5.56 Å². The Hall–Kier alpha value is -1.63. The van der Waals surface area contributed by atoms with Crippen molar-refractivity contribution in [3.05, 3.63) is 35.1 Å². The monoisotopic (exact) mass is 293 g/mol. The Morgan fingerprint density at radius 2 is 2.05 bits per heavy atom. The van der Waals surface area contributed by atoms with E-state index in [1.54, 1.807) is 13.0 Å². The molecule has 1 aromatic rings. The van der Waals surface area contributed by atoms with Crippen molar-refractivity contribution in [1.29, 1.82) is 0 Å². The van der Waals surface area contributed by atoms with Crippen LogP contribution in [0.3, 0.4) is 0 Å². The lowest BCUT2D eigenvalue weighted by atomic mass is 10.1. The molecule has 0 aliphatic rings. The van der Waals surface area contributed by atoms with Gasteiger partial charge in [-0.25, -0.2) is 4.39 Å². The van der Waals surface area contributed by atoms with E-state index in [1.165, 1.54) is 12.1 Å². The molecule has 0 aliphatic carbocycles. The summed E-state index contributed by atoms with van der Waals surface area (Å²) in [5.41, 5.74) is 1.51. The number of aliphatic carboxylic acids is 1. The van der Waals surface area contributed by atoms with Gasteiger partial charge in [-0.15, -0.1) is 0 Å². The van der Waals surface area contributed by atoms with Crippen LogP contribution >= 0.6 is 0 Å². The Morgan fingerprint density at radius 3 is 2.55 bits per heavy atom. The molecule has 0 heterocycles. The van der Waals surface area contributed by atoms with E-state index in [0.29, 0.717) is 12.0 Å². The first-order chi connectivity index (χ1) is 9.21. The third kappa shape index (κ3) is 4.80. The number of carboxylic acid groups (broad SMARTS) is 1. The molecule has 112 valence electrons. The maximum atomic E-state index is 12.9. The molecule has 1 aromatic carbocycles. The molecule has 0 aromatic heterocycles. The van der Waals surface area contributed by atoms with Crippen molar-refractivity contribution < 1.29 is 27.5 Å². The molecule has 0 saturated heterocycles. The van der Waals surface area contributed by atoms with Gasteiger partial charge in [0.2, 0.25) is 0 Å². The highest BCUT2D eigenvalue weighted by atomic mass is 19.4. The minimum absolute atomic E-state index is 0.187. The van der Waals surface area contributed by atoms with Crippen molar-refractivity contribution in [2.75, 3.05) is 13.1 Å². The Labute approximate surface area is 113 Å². The number of aryl methyl sites for hydroxylation is 1. The molecule has 20 heavy (non-hydrogen) atoms. The molecular formula is C13H15F4NO2. The topological polar surface area (TPSA) is 49.3 Å². The summed E-state index contributed by atoms with van der Waals surface area (Å²) in [5, 5.41) is 11.0. The minimum Gasteiger partial charge on any atom is -0.481 e. The number of hydrogen-bond donors (Lipinski definition) is 2. The average Bonchev–Trinajstić information content (AvgIpc) is 2.29. The fraction of sp³-hybridized carbons (Fsp3) is 0.462. The largest absolute Gasteiger partial charge is 0.481 e. The van der Waals surface area contributed by atoms with E-state index in [2.05, 4.69) is 5.32 Å². The van der Waals surface area contributed by atoms with Crippen molar-refractivity contribution in [2.45, 2.75) is 19.5 Å². The molecule has 1 atom stereocenters. The Balaban J connectivity index is 2.46. The summed E-state index contributed by atoms with van der Waals surface area (Å²) in [6.07, 6.45) is -4.37. The number of rotatable bonds is 6. The van der Waals surface area contributed by atoms with E-state index in [-0.39, 0.29) is 12.4 Å². The number of alkyl halides is 3. The lowest BCUT2D eigenvalue weighted by Gasteiger charge is -2.16. The van der Waals surface area contributed by atoms with Gasteiger partial charge in [0, 0.05) is 6.54 Å². The quantitative estimate of drug-likeness (QED) is 0.626. The molecule has 1 unspecified atom stereocenters. The molecule has 2 N–H and O–H groups in total. The highest BCUT2D eigenvalue weighted by Crippen LogP contribution is 2.25. The minimum atomic E-state index is -4.77. The fourth-order valence-electron chi connectivity index (χ4n) is 1.75. The molecule has 0 amide bonds. The van der Waals surface area contributed by atoms with E-state index >= 15 is 0 Å². The van der Waals surface area contributed by atoms with Crippen LogP contribution in [0.2, 0.25) is 0 Å². The van der Waals surface area contributed by atoms with Gasteiger partial charge in [-0.1, -0.05) is 6.07 Å². The zero-order valence-electron chi connectivity index (χ0n) is 10.8. The highest BCUT2D eigenvalue weighted by molar-refractivity contribution is 5.71. The van der Waals surface area contributed by atoms with Gasteiger partial charge in [0.1, 0.15) is 5.82 Å². The summed E-state index contributed by atoms with van der Waals surface area (Å²) >= 11 is 0. The van der Waals surface area contributed by atoms with E-state index < -0.39 is 24.6 Å². The first kappa shape index (κ1) is 16.4. The third-order valence-electron chi connectivity index (χ3n) is 2.92. The Kier molecular flexibility index (Phi) is 5.50. The zero-order valence-corrected chi connectivity index (χ0v) is 10.8. The number of nitrogens with one attached hydrogen (secondary N) is 1. The highest BCUT2D eigenvalue weighted by Gasteiger charge is 2.44. The normalized spacial score (nSPS) is 13.2. The van der Waals surface area contributed by atoms with Gasteiger partial charge in [0.15, 0.2) is 5.92 Å². The van der Waals surface area contributed by atoms with Gasteiger partial charge < -0.3 is 10.4 Å². The van der Waals surface area contributed by atoms with Crippen LogP contribution in [0.1, 0.15) is 11.1 Å². The van der Waals surface area contributed by atoms with Crippen molar-refractivity contribution in [3.8, 4) is 0 Å². The SMILES string of the molecule is Cc1cc(F)ccc1CCNCC(C(=O)O)C(F)(F)F. The van der Waals surface area contributed by atoms with Crippen LogP contribution in [-0.2, 0) is 11.2 Å². The van der Waals surface area contributed by atoms with E-state index in [9.17, 15) is 22.4 Å². The number of halogens is 4. The molecule has 0 spiro atoms. The first-order valence-corrected chi connectivity index (χ1v) is 5.97. The van der Waals surface area contributed by atoms with Crippen LogP contribution in [0, 0.1) is 18.7 Å². The number of carbonyl (C=O) groups is 1. The molecule has 3 nitrogen and oxygen atoms in total. The number of carboxylic acids is 1. The maximum absolute atomic E-state index is 12.9. The summed E-state index contributed by atoms with van der Waals surface area (Å²) in [6.45, 7) is 1.21. The summed E-state index contributed by atoms with van der Waals surface area (Å²) in [5.74, 6) is -4.69. The van der Waals surface area contributed by atoms with Gasteiger partial charge in [-0.3, -0.25) is 4.79 Å². The Morgan fingerprint density at radius 1 is 1.40 bits per heavy atom. The smallest absolute Gasteiger partial charge is 0.403 e. The lowest BCUT2D eigenvalue weighted by Crippen LogP contribution is -2.39. The van der Waals surface area contributed by atoms with Crippen molar-refractivity contribution in [3.63, 3.8) is 0 Å². The molecule has 7 heteroatoms. The van der Waals surface area contributed by atoms with Gasteiger partial charge in [0.05, 0.1) is 0 Å². The summed E-state index contributed by atoms with van der Waals surface area (Å²) in [6, 6.07) is 4.17. The van der Waals surface area contributed by atoms with Gasteiger partial charge in [0.25, 0.3) is 0 Å². The molecular weight excluding hydrogens is 278 g/mol. The van der Waals surface area contributed by atoms with Gasteiger partial charge in [-0.05, 0) is 43.1 Å². The second-order valence-corrected chi connectivity index (χ2v) is 4.46. The Bertz CT molecular complexity index is 474. The van der Waals surface area contributed by atoms with E-state index in [1.807, 2.05) is 0 Å². The molecule has 0 saturated carbocycles. The molecule has 0 radical (unpaired) electrons. The molecule has 0 fully saturated rings. The molecule has 0 bridgehead atoms. The predicted octanol–water partition coefficient (Wildman–Crippen LogP) is 2.53. The molecule has 0 aliphatic heterocycles. The van der Waals surface area contributed by atoms with Crippen molar-refractivity contribution in [1.82, 2.24) is 5.32 Å². The molecule has 1 rings (SSSR count). The number of hydrogen-bond acceptors (Lipinski definition) is 2. The van der Waals surface area contributed by atoms with Crippen molar-refractivity contribution in [2.24, 2.45) is 5.92 Å². The average molecular weight is 293 g/mol. The van der Waals surface area contributed by atoms with Crippen LogP contribution in [0.15, 0.2) is 18.2 Å².